The van der Waals surface area contributed by atoms with E-state index < -0.39 is 97.5 Å². The van der Waals surface area contributed by atoms with Crippen LogP contribution >= 0.6 is 15.6 Å². The maximum absolute atomic E-state index is 13.1. The number of carbonyl (C=O) groups is 4. The molecule has 0 heterocycles. The van der Waals surface area contributed by atoms with E-state index in [1.54, 1.807) is 0 Å². The van der Waals surface area contributed by atoms with Crippen LogP contribution in [0, 0.1) is 5.92 Å². The molecule has 0 aliphatic rings. The number of ether oxygens (including phenoxy) is 4. The van der Waals surface area contributed by atoms with Crippen LogP contribution in [0.2, 0.25) is 0 Å². The van der Waals surface area contributed by atoms with Crippen LogP contribution in [0.1, 0.15) is 413 Å². The number of phosphoric acid groups is 2. The molecular weight excluding hydrogens is 1320 g/mol. The number of allylic oxidation sites excluding steroid dienone is 4. The Bertz CT molecular complexity index is 2020. The van der Waals surface area contributed by atoms with Crippen LogP contribution < -0.4 is 0 Å². The zero-order valence-electron chi connectivity index (χ0n) is 65.5. The van der Waals surface area contributed by atoms with Gasteiger partial charge >= 0.3 is 39.5 Å². The smallest absolute Gasteiger partial charge is 0.462 e. The summed E-state index contributed by atoms with van der Waals surface area (Å²) in [5, 5.41) is 10.6. The molecule has 3 N–H and O–H groups in total. The van der Waals surface area contributed by atoms with Crippen molar-refractivity contribution in [2.75, 3.05) is 39.6 Å². The molecular formula is C82H156O17P2. The highest BCUT2D eigenvalue weighted by Gasteiger charge is 2.30. The topological polar surface area (TPSA) is 237 Å². The third-order valence-corrected chi connectivity index (χ3v) is 20.9. The van der Waals surface area contributed by atoms with Crippen molar-refractivity contribution >= 4 is 39.5 Å². The molecule has 0 aliphatic carbocycles. The lowest BCUT2D eigenvalue weighted by molar-refractivity contribution is -0.161. The number of rotatable bonds is 80. The average molecular weight is 1480 g/mol. The molecule has 101 heavy (non-hydrogen) atoms. The maximum atomic E-state index is 13.1. The molecule has 0 aromatic carbocycles. The van der Waals surface area contributed by atoms with Gasteiger partial charge in [-0.15, -0.1) is 0 Å². The maximum Gasteiger partial charge on any atom is 0.472 e. The number of hydrogen-bond acceptors (Lipinski definition) is 15. The van der Waals surface area contributed by atoms with Crippen LogP contribution in [0.15, 0.2) is 24.3 Å². The number of phosphoric ester groups is 2. The highest BCUT2D eigenvalue weighted by Crippen LogP contribution is 2.45. The van der Waals surface area contributed by atoms with Gasteiger partial charge in [0.2, 0.25) is 0 Å². The number of esters is 4. The molecule has 0 rings (SSSR count). The summed E-state index contributed by atoms with van der Waals surface area (Å²) in [6, 6.07) is 0. The van der Waals surface area contributed by atoms with Crippen LogP contribution in [0.5, 0.6) is 0 Å². The molecule has 0 bridgehead atoms. The number of aliphatic hydroxyl groups is 1. The molecule has 0 saturated carbocycles. The molecule has 0 amide bonds. The van der Waals surface area contributed by atoms with Gasteiger partial charge in [-0.2, -0.15) is 0 Å². The Morgan fingerprint density at radius 2 is 0.554 bits per heavy atom. The van der Waals surface area contributed by atoms with Gasteiger partial charge in [-0.1, -0.05) is 361 Å². The zero-order valence-corrected chi connectivity index (χ0v) is 67.3. The van der Waals surface area contributed by atoms with Crippen molar-refractivity contribution in [3.05, 3.63) is 24.3 Å². The van der Waals surface area contributed by atoms with E-state index in [9.17, 15) is 43.2 Å². The van der Waals surface area contributed by atoms with Crippen molar-refractivity contribution < 1.29 is 80.2 Å². The highest BCUT2D eigenvalue weighted by atomic mass is 31.2. The Kier molecular flexibility index (Phi) is 72.6. The standard InChI is InChI=1S/C82H156O17P2/c1-6-10-13-16-19-22-24-26-28-29-30-31-32-34-40-44-48-53-58-63-68-82(87)99-78(72-93-80(85)66-61-56-51-46-42-38-36-35-37-41-45-49-54-59-64-75(5)9-4)74-97-101(90,91)95-70-76(83)69-94-100(88,89)96-73-77(71-92-79(84)65-60-55-50-21-18-15-12-8-3)98-81(86)67-62-57-52-47-43-39-33-27-25-23-20-17-14-11-7-2/h23,25,27,33,75-78,83H,6-22,24,26,28-32,34-74H2,1-5H3,(H,88,89)(H,90,91)/b25-23-,33-27-/t75?,76-,77+,78+/m0/s1. The van der Waals surface area contributed by atoms with E-state index in [1.807, 2.05) is 0 Å². The lowest BCUT2D eigenvalue weighted by atomic mass is 9.99. The fourth-order valence-corrected chi connectivity index (χ4v) is 13.8. The minimum Gasteiger partial charge on any atom is -0.462 e. The van der Waals surface area contributed by atoms with E-state index in [0.717, 1.165) is 115 Å². The molecule has 0 radical (unpaired) electrons. The van der Waals surface area contributed by atoms with Crippen molar-refractivity contribution in [3.8, 4) is 0 Å². The molecule has 0 fully saturated rings. The summed E-state index contributed by atoms with van der Waals surface area (Å²) in [4.78, 5) is 72.9. The molecule has 0 saturated heterocycles. The van der Waals surface area contributed by atoms with E-state index >= 15 is 0 Å². The number of aliphatic hydroxyl groups excluding tert-OH is 1. The lowest BCUT2D eigenvalue weighted by Crippen LogP contribution is -2.30. The predicted molar refractivity (Wildman–Crippen MR) is 414 cm³/mol. The van der Waals surface area contributed by atoms with E-state index in [4.69, 9.17) is 37.0 Å². The van der Waals surface area contributed by atoms with E-state index in [0.29, 0.717) is 25.7 Å². The second-order valence-electron chi connectivity index (χ2n) is 29.1. The van der Waals surface area contributed by atoms with Gasteiger partial charge in [0.05, 0.1) is 26.4 Å². The van der Waals surface area contributed by atoms with Crippen molar-refractivity contribution in [3.63, 3.8) is 0 Å². The lowest BCUT2D eigenvalue weighted by Gasteiger charge is -2.21. The van der Waals surface area contributed by atoms with Crippen LogP contribution in [0.25, 0.3) is 0 Å². The van der Waals surface area contributed by atoms with Gasteiger partial charge in [-0.05, 0) is 57.3 Å². The van der Waals surface area contributed by atoms with Gasteiger partial charge in [0, 0.05) is 25.7 Å². The summed E-state index contributed by atoms with van der Waals surface area (Å²) in [6.07, 6.45) is 68.9. The first kappa shape index (κ1) is 98.5. The van der Waals surface area contributed by atoms with Gasteiger partial charge in [0.1, 0.15) is 19.3 Å². The molecule has 19 heteroatoms. The summed E-state index contributed by atoms with van der Waals surface area (Å²) in [6.45, 7) is 7.29. The largest absolute Gasteiger partial charge is 0.472 e. The van der Waals surface area contributed by atoms with Crippen LogP contribution in [-0.2, 0) is 65.4 Å². The monoisotopic (exact) mass is 1480 g/mol. The number of unbranched alkanes of at least 4 members (excludes halogenated alkanes) is 48. The van der Waals surface area contributed by atoms with E-state index in [2.05, 4.69) is 58.9 Å². The molecule has 0 aromatic rings. The fraction of sp³-hybridized carbons (Fsp3) is 0.902. The summed E-state index contributed by atoms with van der Waals surface area (Å²) < 4.78 is 68.6. The Hall–Kier alpha value is -2.46. The van der Waals surface area contributed by atoms with Crippen LogP contribution in [0.3, 0.4) is 0 Å². The first-order valence-corrected chi connectivity index (χ1v) is 45.0. The predicted octanol–water partition coefficient (Wildman–Crippen LogP) is 24.4. The van der Waals surface area contributed by atoms with Gasteiger partial charge < -0.3 is 33.8 Å². The quantitative estimate of drug-likeness (QED) is 0.0169. The van der Waals surface area contributed by atoms with Crippen molar-refractivity contribution in [1.29, 1.82) is 0 Å². The second-order valence-corrected chi connectivity index (χ2v) is 32.0. The van der Waals surface area contributed by atoms with Gasteiger partial charge in [-0.3, -0.25) is 37.3 Å². The number of carbonyl (C=O) groups excluding carboxylic acids is 4. The Balaban J connectivity index is 5.23. The van der Waals surface area contributed by atoms with E-state index in [-0.39, 0.29) is 25.7 Å². The van der Waals surface area contributed by atoms with Crippen LogP contribution in [-0.4, -0.2) is 96.7 Å². The highest BCUT2D eigenvalue weighted by molar-refractivity contribution is 7.47. The fourth-order valence-electron chi connectivity index (χ4n) is 12.2. The Morgan fingerprint density at radius 3 is 0.842 bits per heavy atom. The summed E-state index contributed by atoms with van der Waals surface area (Å²) in [5.41, 5.74) is 0. The minimum absolute atomic E-state index is 0.0852. The third-order valence-electron chi connectivity index (χ3n) is 19.0. The number of hydrogen-bond donors (Lipinski definition) is 3. The second kappa shape index (κ2) is 74.4. The molecule has 6 atom stereocenters. The molecule has 3 unspecified atom stereocenters. The third kappa shape index (κ3) is 74.2. The Labute approximate surface area is 618 Å². The first-order valence-electron chi connectivity index (χ1n) is 42.0. The van der Waals surface area contributed by atoms with Gasteiger partial charge in [-0.25, -0.2) is 9.13 Å². The molecule has 0 aromatic heterocycles. The molecule has 17 nitrogen and oxygen atoms in total. The van der Waals surface area contributed by atoms with Crippen molar-refractivity contribution in [1.82, 2.24) is 0 Å². The molecule has 596 valence electrons. The summed E-state index contributed by atoms with van der Waals surface area (Å²) in [7, 11) is -9.93. The van der Waals surface area contributed by atoms with Gasteiger partial charge in [0.25, 0.3) is 0 Å². The average Bonchev–Trinajstić information content (AvgIpc) is 0.936. The summed E-state index contributed by atoms with van der Waals surface area (Å²) >= 11 is 0. The normalized spacial score (nSPS) is 14.3. The molecule has 0 aliphatic heterocycles. The van der Waals surface area contributed by atoms with Crippen molar-refractivity contribution in [2.24, 2.45) is 5.92 Å². The Morgan fingerprint density at radius 1 is 0.317 bits per heavy atom. The first-order chi connectivity index (χ1) is 49.1. The molecule has 0 spiro atoms. The van der Waals surface area contributed by atoms with E-state index in [1.165, 1.54) is 218 Å². The minimum atomic E-state index is -4.97. The van der Waals surface area contributed by atoms with Gasteiger partial charge in [0.15, 0.2) is 12.2 Å². The summed E-state index contributed by atoms with van der Waals surface area (Å²) in [5.74, 6) is -1.29. The zero-order chi connectivity index (χ0) is 74.1. The SMILES string of the molecule is CCCCCC/C=C\C=C/CCCCCCCC(=O)O[C@H](COC(=O)CCCCCCCCCC)COP(=O)(O)OC[C@H](O)COP(=O)(O)OC[C@@H](COC(=O)CCCCCCCCCCCCCCCCC(C)CC)OC(=O)CCCCCCCCCCCCCCCCCCCCCC. The van der Waals surface area contributed by atoms with Crippen molar-refractivity contribution in [2.45, 2.75) is 432 Å². The van der Waals surface area contributed by atoms with Crippen LogP contribution in [0.4, 0.5) is 0 Å².